The van der Waals surface area contributed by atoms with Gasteiger partial charge in [-0.1, -0.05) is 38.0 Å². The summed E-state index contributed by atoms with van der Waals surface area (Å²) in [5, 5.41) is 0. The largest absolute Gasteiger partial charge is 0.364 e. The summed E-state index contributed by atoms with van der Waals surface area (Å²) in [5.74, 6) is 0.500. The molecular formula is C28H37N3O3S. The van der Waals surface area contributed by atoms with E-state index in [0.717, 1.165) is 32.2 Å². The lowest BCUT2D eigenvalue weighted by atomic mass is 9.77. The second kappa shape index (κ2) is 9.58. The zero-order valence-corrected chi connectivity index (χ0v) is 21.9. The van der Waals surface area contributed by atoms with Gasteiger partial charge in [0, 0.05) is 43.3 Å². The van der Waals surface area contributed by atoms with Crippen LogP contribution in [0.5, 0.6) is 0 Å². The van der Waals surface area contributed by atoms with Gasteiger partial charge in [0.1, 0.15) is 0 Å². The summed E-state index contributed by atoms with van der Waals surface area (Å²) in [6.07, 6.45) is 4.86. The molecule has 7 heteroatoms. The number of hydrogen-bond acceptors (Lipinski definition) is 4. The molecule has 1 aliphatic carbocycles. The molecule has 0 radical (unpaired) electrons. The van der Waals surface area contributed by atoms with Gasteiger partial charge in [0.25, 0.3) is 5.91 Å². The molecule has 1 amide bonds. The predicted molar refractivity (Wildman–Crippen MR) is 140 cm³/mol. The number of fused-ring (bicyclic) bond motifs is 3. The summed E-state index contributed by atoms with van der Waals surface area (Å²) in [7, 11) is -3.55. The van der Waals surface area contributed by atoms with Crippen molar-refractivity contribution in [1.29, 1.82) is 0 Å². The minimum absolute atomic E-state index is 0.0188. The number of aryl methyl sites for hydroxylation is 1. The average Bonchev–Trinajstić information content (AvgIpc) is 3.18. The highest BCUT2D eigenvalue weighted by Gasteiger charge is 2.50. The van der Waals surface area contributed by atoms with E-state index >= 15 is 0 Å². The van der Waals surface area contributed by atoms with E-state index in [0.29, 0.717) is 37.2 Å². The van der Waals surface area contributed by atoms with E-state index < -0.39 is 10.0 Å². The van der Waals surface area contributed by atoms with Crippen LogP contribution < -0.4 is 4.90 Å². The summed E-state index contributed by atoms with van der Waals surface area (Å²) in [5.41, 5.74) is 4.67. The van der Waals surface area contributed by atoms with Crippen LogP contribution in [0.25, 0.3) is 0 Å². The first-order valence-electron chi connectivity index (χ1n) is 13.1. The van der Waals surface area contributed by atoms with Crippen LogP contribution in [0.4, 0.5) is 5.69 Å². The molecule has 0 spiro atoms. The molecule has 3 aliphatic rings. The summed E-state index contributed by atoms with van der Waals surface area (Å²) >= 11 is 0. The van der Waals surface area contributed by atoms with Gasteiger partial charge >= 0.3 is 0 Å². The Bertz CT molecular complexity index is 1190. The van der Waals surface area contributed by atoms with Crippen molar-refractivity contribution < 1.29 is 13.2 Å². The van der Waals surface area contributed by atoms with Crippen LogP contribution in [0.15, 0.2) is 47.4 Å². The molecule has 1 saturated heterocycles. The van der Waals surface area contributed by atoms with Crippen LogP contribution in [-0.2, 0) is 10.0 Å². The van der Waals surface area contributed by atoms with Gasteiger partial charge in [0.2, 0.25) is 10.0 Å². The van der Waals surface area contributed by atoms with Crippen LogP contribution in [0.1, 0.15) is 73.4 Å². The number of rotatable bonds is 7. The van der Waals surface area contributed by atoms with E-state index in [1.165, 1.54) is 23.2 Å². The van der Waals surface area contributed by atoms with Crippen molar-refractivity contribution in [3.63, 3.8) is 0 Å². The zero-order valence-electron chi connectivity index (χ0n) is 21.1. The Balaban J connectivity index is 1.37. The lowest BCUT2D eigenvalue weighted by Crippen LogP contribution is -2.62. The molecule has 0 aromatic heterocycles. The van der Waals surface area contributed by atoms with Crippen molar-refractivity contribution in [2.24, 2.45) is 0 Å². The molecule has 1 saturated carbocycles. The first kappa shape index (κ1) is 24.3. The fraction of sp³-hybridized carbons (Fsp3) is 0.536. The second-order valence-electron chi connectivity index (χ2n) is 10.3. The fourth-order valence-electron chi connectivity index (χ4n) is 6.49. The van der Waals surface area contributed by atoms with Gasteiger partial charge in [-0.05, 0) is 68.5 Å². The number of hydrogen-bond donors (Lipinski definition) is 0. The third kappa shape index (κ3) is 4.16. The van der Waals surface area contributed by atoms with Gasteiger partial charge < -0.3 is 9.80 Å². The molecule has 188 valence electrons. The maximum Gasteiger partial charge on any atom is 0.254 e. The minimum Gasteiger partial charge on any atom is -0.364 e. The Hall–Kier alpha value is -2.38. The Labute approximate surface area is 210 Å². The number of sulfonamides is 1. The van der Waals surface area contributed by atoms with E-state index in [1.54, 1.807) is 28.6 Å². The maximum absolute atomic E-state index is 13.7. The lowest BCUT2D eigenvalue weighted by Gasteiger charge is -2.49. The standard InChI is InChI=1S/C28H37N3O3S/c1-4-15-29(16-5-2)35(33,34)22-12-10-21(11-13-22)28(32)31-18-17-30-25-14-9-20(3)19-24(25)23-7-6-8-26(31)27(23)30/h9-14,19,23,26-27H,4-8,15-18H2,1-3H3. The average molecular weight is 496 g/mol. The highest BCUT2D eigenvalue weighted by Crippen LogP contribution is 2.50. The number of anilines is 1. The number of carbonyl (C=O) groups is 1. The normalized spacial score (nSPS) is 23.4. The molecule has 0 N–H and O–H groups in total. The monoisotopic (exact) mass is 495 g/mol. The number of piperazine rings is 1. The van der Waals surface area contributed by atoms with Crippen molar-refractivity contribution in [3.05, 3.63) is 59.2 Å². The molecule has 0 bridgehead atoms. The summed E-state index contributed by atoms with van der Waals surface area (Å²) < 4.78 is 27.8. The van der Waals surface area contributed by atoms with Crippen LogP contribution in [0.3, 0.4) is 0 Å². The van der Waals surface area contributed by atoms with Gasteiger partial charge in [0.05, 0.1) is 17.0 Å². The van der Waals surface area contributed by atoms with Gasteiger partial charge in [0.15, 0.2) is 0 Å². The van der Waals surface area contributed by atoms with Crippen LogP contribution in [-0.4, -0.2) is 61.8 Å². The Kier molecular flexibility index (Phi) is 6.66. The SMILES string of the molecule is CCCN(CCC)S(=O)(=O)c1ccc(C(=O)N2CCN3c4ccc(C)cc4C4CCCC2C43)cc1. The van der Waals surface area contributed by atoms with Crippen molar-refractivity contribution in [1.82, 2.24) is 9.21 Å². The van der Waals surface area contributed by atoms with Crippen LogP contribution in [0, 0.1) is 6.92 Å². The van der Waals surface area contributed by atoms with Gasteiger partial charge in [-0.15, -0.1) is 0 Å². The summed E-state index contributed by atoms with van der Waals surface area (Å²) in [4.78, 5) is 18.5. The highest BCUT2D eigenvalue weighted by atomic mass is 32.2. The quantitative estimate of drug-likeness (QED) is 0.554. The Morgan fingerprint density at radius 3 is 2.40 bits per heavy atom. The lowest BCUT2D eigenvalue weighted by molar-refractivity contribution is 0.0532. The molecule has 2 aliphatic heterocycles. The molecule has 5 rings (SSSR count). The van der Waals surface area contributed by atoms with Crippen molar-refractivity contribution >= 4 is 21.6 Å². The molecule has 6 nitrogen and oxygen atoms in total. The van der Waals surface area contributed by atoms with Crippen molar-refractivity contribution in [2.45, 2.75) is 75.8 Å². The molecule has 35 heavy (non-hydrogen) atoms. The van der Waals surface area contributed by atoms with E-state index in [4.69, 9.17) is 0 Å². The third-order valence-corrected chi connectivity index (χ3v) is 9.91. The topological polar surface area (TPSA) is 60.9 Å². The van der Waals surface area contributed by atoms with Crippen molar-refractivity contribution in [2.75, 3.05) is 31.1 Å². The molecule has 2 heterocycles. The van der Waals surface area contributed by atoms with E-state index in [2.05, 4.69) is 34.9 Å². The van der Waals surface area contributed by atoms with Gasteiger partial charge in [-0.25, -0.2) is 8.42 Å². The van der Waals surface area contributed by atoms with E-state index in [1.807, 2.05) is 13.8 Å². The Morgan fingerprint density at radius 2 is 1.71 bits per heavy atom. The molecule has 2 aromatic rings. The number of benzene rings is 2. The van der Waals surface area contributed by atoms with Gasteiger partial charge in [-0.3, -0.25) is 4.79 Å². The van der Waals surface area contributed by atoms with Crippen molar-refractivity contribution in [3.8, 4) is 0 Å². The van der Waals surface area contributed by atoms with Crippen LogP contribution >= 0.6 is 0 Å². The predicted octanol–water partition coefficient (Wildman–Crippen LogP) is 4.79. The van der Waals surface area contributed by atoms with E-state index in [-0.39, 0.29) is 16.8 Å². The first-order valence-corrected chi connectivity index (χ1v) is 14.6. The molecule has 2 fully saturated rings. The van der Waals surface area contributed by atoms with Gasteiger partial charge in [-0.2, -0.15) is 4.31 Å². The highest BCUT2D eigenvalue weighted by molar-refractivity contribution is 7.89. The summed E-state index contributed by atoms with van der Waals surface area (Å²) in [6, 6.07) is 13.9. The minimum atomic E-state index is -3.55. The molecular weight excluding hydrogens is 458 g/mol. The summed E-state index contributed by atoms with van der Waals surface area (Å²) in [6.45, 7) is 8.68. The molecule has 2 aromatic carbocycles. The van der Waals surface area contributed by atoms with Crippen LogP contribution in [0.2, 0.25) is 0 Å². The smallest absolute Gasteiger partial charge is 0.254 e. The molecule has 3 atom stereocenters. The Morgan fingerprint density at radius 1 is 1.00 bits per heavy atom. The van der Waals surface area contributed by atoms with E-state index in [9.17, 15) is 13.2 Å². The fourth-order valence-corrected chi connectivity index (χ4v) is 8.12. The number of carbonyl (C=O) groups excluding carboxylic acids is 1. The maximum atomic E-state index is 13.7. The second-order valence-corrected chi connectivity index (χ2v) is 12.2. The third-order valence-electron chi connectivity index (χ3n) is 8.00. The zero-order chi connectivity index (χ0) is 24.7. The molecule has 3 unspecified atom stereocenters. The first-order chi connectivity index (χ1) is 16.9. The number of amides is 1. The number of nitrogens with zero attached hydrogens (tertiary/aromatic N) is 3.